The van der Waals surface area contributed by atoms with Crippen molar-refractivity contribution in [1.82, 2.24) is 0 Å². The van der Waals surface area contributed by atoms with Gasteiger partial charge in [0.05, 0.1) is 12.0 Å². The lowest BCUT2D eigenvalue weighted by Gasteiger charge is -2.06. The molecule has 0 heterocycles. The molecule has 2 rings (SSSR count). The van der Waals surface area contributed by atoms with Gasteiger partial charge in [0.1, 0.15) is 11.5 Å². The Morgan fingerprint density at radius 2 is 1.92 bits per heavy atom. The summed E-state index contributed by atoms with van der Waals surface area (Å²) in [5.74, 6) is 0.326. The second kappa shape index (κ2) is 7.41. The third-order valence-corrected chi connectivity index (χ3v) is 3.37. The highest BCUT2D eigenvalue weighted by Crippen LogP contribution is 2.24. The molecular weight excluding hydrogens is 310 g/mol. The van der Waals surface area contributed by atoms with Crippen molar-refractivity contribution in [3.63, 3.8) is 0 Å². The molecule has 0 N–H and O–H groups in total. The third-order valence-electron chi connectivity index (χ3n) is 3.37. The second-order valence-electron chi connectivity index (χ2n) is 5.21. The van der Waals surface area contributed by atoms with Gasteiger partial charge in [-0.25, -0.2) is 4.79 Å². The van der Waals surface area contributed by atoms with Crippen LogP contribution in [0.1, 0.15) is 16.7 Å². The van der Waals surface area contributed by atoms with Crippen LogP contribution in [0.3, 0.4) is 0 Å². The van der Waals surface area contributed by atoms with Gasteiger partial charge in [-0.15, -0.1) is 0 Å². The van der Waals surface area contributed by atoms with Crippen LogP contribution >= 0.6 is 0 Å². The van der Waals surface area contributed by atoms with Crippen molar-refractivity contribution in [3.8, 4) is 11.5 Å². The van der Waals surface area contributed by atoms with Gasteiger partial charge in [0.15, 0.2) is 0 Å². The van der Waals surface area contributed by atoms with Gasteiger partial charge in [-0.05, 0) is 44.2 Å². The average molecular weight is 327 g/mol. The maximum atomic E-state index is 11.9. The molecule has 124 valence electrons. The van der Waals surface area contributed by atoms with Gasteiger partial charge in [-0.3, -0.25) is 10.1 Å². The first-order valence-electron chi connectivity index (χ1n) is 7.20. The van der Waals surface area contributed by atoms with Crippen molar-refractivity contribution in [2.75, 3.05) is 7.11 Å². The Hall–Kier alpha value is -3.15. The fourth-order valence-corrected chi connectivity index (χ4v) is 2.19. The van der Waals surface area contributed by atoms with E-state index >= 15 is 0 Å². The highest BCUT2D eigenvalue weighted by molar-refractivity contribution is 5.89. The summed E-state index contributed by atoms with van der Waals surface area (Å²) in [5, 5.41) is 10.8. The van der Waals surface area contributed by atoms with Crippen LogP contribution in [0.5, 0.6) is 11.5 Å². The zero-order valence-electron chi connectivity index (χ0n) is 13.6. The largest absolute Gasteiger partial charge is 0.496 e. The standard InChI is InChI=1S/C18H17NO5/c1-12-4-8-17(23-3)14(10-12)5-9-18(20)24-15-6-7-16(19(21)22)13(2)11-15/h4-11H,1-3H3/b9-5+. The molecule has 0 atom stereocenters. The number of nitrogens with zero attached hydrogens (tertiary/aromatic N) is 1. The first kappa shape index (κ1) is 17.2. The molecule has 0 amide bonds. The molecule has 2 aromatic carbocycles. The Kier molecular flexibility index (Phi) is 5.31. The zero-order chi connectivity index (χ0) is 17.7. The van der Waals surface area contributed by atoms with Crippen LogP contribution in [0.4, 0.5) is 5.69 Å². The predicted octanol–water partition coefficient (Wildman–Crippen LogP) is 3.84. The first-order valence-corrected chi connectivity index (χ1v) is 7.20. The molecule has 6 nitrogen and oxygen atoms in total. The third kappa shape index (κ3) is 4.19. The molecule has 0 fully saturated rings. The molecule has 0 bridgehead atoms. The molecule has 2 aromatic rings. The molecule has 0 saturated heterocycles. The summed E-state index contributed by atoms with van der Waals surface area (Å²) in [4.78, 5) is 22.2. The van der Waals surface area contributed by atoms with Gasteiger partial charge < -0.3 is 9.47 Å². The molecule has 0 saturated carbocycles. The molecule has 0 radical (unpaired) electrons. The minimum absolute atomic E-state index is 0.0187. The van der Waals surface area contributed by atoms with Crippen LogP contribution in [0.2, 0.25) is 0 Å². The van der Waals surface area contributed by atoms with E-state index in [1.165, 1.54) is 24.3 Å². The maximum absolute atomic E-state index is 11.9. The molecular formula is C18H17NO5. The molecule has 0 spiro atoms. The van der Waals surface area contributed by atoms with E-state index in [9.17, 15) is 14.9 Å². The highest BCUT2D eigenvalue weighted by atomic mass is 16.6. The maximum Gasteiger partial charge on any atom is 0.336 e. The quantitative estimate of drug-likeness (QED) is 0.274. The normalized spacial score (nSPS) is 10.6. The summed E-state index contributed by atoms with van der Waals surface area (Å²) in [6.45, 7) is 3.53. The number of nitro benzene ring substituents is 1. The van der Waals surface area contributed by atoms with Crippen molar-refractivity contribution in [1.29, 1.82) is 0 Å². The Morgan fingerprint density at radius 3 is 2.54 bits per heavy atom. The lowest BCUT2D eigenvalue weighted by Crippen LogP contribution is -2.04. The molecule has 0 aromatic heterocycles. The van der Waals surface area contributed by atoms with Crippen molar-refractivity contribution >= 4 is 17.7 Å². The van der Waals surface area contributed by atoms with E-state index in [0.29, 0.717) is 11.3 Å². The number of carbonyl (C=O) groups excluding carboxylic acids is 1. The van der Waals surface area contributed by atoms with Gasteiger partial charge in [0.2, 0.25) is 0 Å². The lowest BCUT2D eigenvalue weighted by atomic mass is 10.1. The van der Waals surface area contributed by atoms with Crippen LogP contribution < -0.4 is 9.47 Å². The van der Waals surface area contributed by atoms with Gasteiger partial charge in [0.25, 0.3) is 5.69 Å². The number of aryl methyl sites for hydroxylation is 2. The highest BCUT2D eigenvalue weighted by Gasteiger charge is 2.12. The molecule has 0 unspecified atom stereocenters. The molecule has 0 aliphatic rings. The SMILES string of the molecule is COc1ccc(C)cc1/C=C/C(=O)Oc1ccc([N+](=O)[O-])c(C)c1. The van der Waals surface area contributed by atoms with Crippen molar-refractivity contribution in [3.05, 3.63) is 69.3 Å². The number of rotatable bonds is 5. The topological polar surface area (TPSA) is 78.7 Å². The molecule has 0 aliphatic heterocycles. The summed E-state index contributed by atoms with van der Waals surface area (Å²) in [7, 11) is 1.56. The zero-order valence-corrected chi connectivity index (χ0v) is 13.6. The molecule has 6 heteroatoms. The van der Waals surface area contributed by atoms with Crippen molar-refractivity contribution in [2.45, 2.75) is 13.8 Å². The summed E-state index contributed by atoms with van der Waals surface area (Å²) in [6.07, 6.45) is 2.89. The van der Waals surface area contributed by atoms with Crippen LogP contribution in [0.25, 0.3) is 6.08 Å². The van der Waals surface area contributed by atoms with E-state index in [1.807, 2.05) is 25.1 Å². The van der Waals surface area contributed by atoms with E-state index in [2.05, 4.69) is 0 Å². The number of benzene rings is 2. The van der Waals surface area contributed by atoms with Gasteiger partial charge >= 0.3 is 5.97 Å². The van der Waals surface area contributed by atoms with Gasteiger partial charge in [-0.1, -0.05) is 11.6 Å². The van der Waals surface area contributed by atoms with Crippen LogP contribution in [0, 0.1) is 24.0 Å². The monoisotopic (exact) mass is 327 g/mol. The summed E-state index contributed by atoms with van der Waals surface area (Å²) >= 11 is 0. The Labute approximate surface area is 139 Å². The minimum Gasteiger partial charge on any atom is -0.496 e. The Balaban J connectivity index is 2.12. The van der Waals surface area contributed by atoms with Crippen LogP contribution in [-0.4, -0.2) is 18.0 Å². The van der Waals surface area contributed by atoms with Crippen LogP contribution in [-0.2, 0) is 4.79 Å². The van der Waals surface area contributed by atoms with Gasteiger partial charge in [-0.2, -0.15) is 0 Å². The van der Waals surface area contributed by atoms with Crippen molar-refractivity contribution < 1.29 is 19.2 Å². The number of methoxy groups -OCH3 is 1. The fourth-order valence-electron chi connectivity index (χ4n) is 2.19. The predicted molar refractivity (Wildman–Crippen MR) is 90.2 cm³/mol. The van der Waals surface area contributed by atoms with E-state index in [4.69, 9.17) is 9.47 Å². The second-order valence-corrected chi connectivity index (χ2v) is 5.21. The average Bonchev–Trinajstić information content (AvgIpc) is 2.52. The number of hydrogen-bond acceptors (Lipinski definition) is 5. The minimum atomic E-state index is -0.577. The fraction of sp³-hybridized carbons (Fsp3) is 0.167. The summed E-state index contributed by atoms with van der Waals surface area (Å²) < 4.78 is 10.4. The van der Waals surface area contributed by atoms with E-state index < -0.39 is 10.9 Å². The lowest BCUT2D eigenvalue weighted by molar-refractivity contribution is -0.385. The number of ether oxygens (including phenoxy) is 2. The Morgan fingerprint density at radius 1 is 1.17 bits per heavy atom. The van der Waals surface area contributed by atoms with E-state index in [-0.39, 0.29) is 11.4 Å². The van der Waals surface area contributed by atoms with Crippen molar-refractivity contribution in [2.24, 2.45) is 0 Å². The first-order chi connectivity index (χ1) is 11.4. The summed E-state index contributed by atoms with van der Waals surface area (Å²) in [6, 6.07) is 9.78. The number of nitro groups is 1. The van der Waals surface area contributed by atoms with Crippen LogP contribution in [0.15, 0.2) is 42.5 Å². The number of esters is 1. The number of carbonyl (C=O) groups is 1. The molecule has 0 aliphatic carbocycles. The van der Waals surface area contributed by atoms with Gasteiger partial charge in [0, 0.05) is 23.3 Å². The van der Waals surface area contributed by atoms with E-state index in [0.717, 1.165) is 11.1 Å². The molecule has 24 heavy (non-hydrogen) atoms. The number of hydrogen-bond donors (Lipinski definition) is 0. The summed E-state index contributed by atoms with van der Waals surface area (Å²) in [5.41, 5.74) is 2.20. The Bertz CT molecular complexity index is 811. The smallest absolute Gasteiger partial charge is 0.336 e. The van der Waals surface area contributed by atoms with E-state index in [1.54, 1.807) is 20.1 Å².